The molecule has 2 atom stereocenters. The molecule has 5 nitrogen and oxygen atoms in total. The highest BCUT2D eigenvalue weighted by Gasteiger charge is 2.34. The summed E-state index contributed by atoms with van der Waals surface area (Å²) in [6.07, 6.45) is 6.89. The smallest absolute Gasteiger partial charge is 0.223 e. The van der Waals surface area contributed by atoms with E-state index in [1.165, 1.54) is 25.7 Å². The summed E-state index contributed by atoms with van der Waals surface area (Å²) in [4.78, 5) is 16.4. The van der Waals surface area contributed by atoms with Crippen LogP contribution in [0.15, 0.2) is 0 Å². The number of nitrogens with two attached hydrogens (primary N) is 1. The summed E-state index contributed by atoms with van der Waals surface area (Å²) in [5.74, 6) is 0.234. The highest BCUT2D eigenvalue weighted by Crippen LogP contribution is 2.28. The van der Waals surface area contributed by atoms with E-state index in [-0.39, 0.29) is 5.91 Å². The summed E-state index contributed by atoms with van der Waals surface area (Å²) in [6.45, 7) is 4.07. The van der Waals surface area contributed by atoms with E-state index in [1.54, 1.807) is 0 Å². The zero-order chi connectivity index (χ0) is 14.4. The molecule has 2 aliphatic rings. The maximum Gasteiger partial charge on any atom is 0.223 e. The van der Waals surface area contributed by atoms with Gasteiger partial charge in [0.15, 0.2) is 0 Å². The van der Waals surface area contributed by atoms with E-state index < -0.39 is 0 Å². The van der Waals surface area contributed by atoms with Gasteiger partial charge in [-0.3, -0.25) is 9.69 Å². The molecule has 0 aromatic carbocycles. The second-order valence-corrected chi connectivity index (χ2v) is 6.00. The topological polar surface area (TPSA) is 58.8 Å². The Morgan fingerprint density at radius 2 is 2.20 bits per heavy atom. The number of amides is 1. The van der Waals surface area contributed by atoms with Crippen LogP contribution < -0.4 is 5.73 Å². The number of hydrogen-bond acceptors (Lipinski definition) is 4. The van der Waals surface area contributed by atoms with Crippen molar-refractivity contribution in [3.63, 3.8) is 0 Å². The Hall–Kier alpha value is -0.650. The lowest BCUT2D eigenvalue weighted by atomic mass is 9.90. The van der Waals surface area contributed by atoms with E-state index in [4.69, 9.17) is 10.5 Å². The van der Waals surface area contributed by atoms with Crippen LogP contribution in [0.5, 0.6) is 0 Å². The Balaban J connectivity index is 1.76. The normalized spacial score (nSPS) is 27.1. The molecule has 5 heteroatoms. The fraction of sp³-hybridized carbons (Fsp3) is 0.933. The van der Waals surface area contributed by atoms with Crippen LogP contribution in [0.4, 0.5) is 0 Å². The molecule has 116 valence electrons. The number of carbonyl (C=O) groups is 1. The van der Waals surface area contributed by atoms with E-state index in [1.807, 2.05) is 11.9 Å². The maximum atomic E-state index is 12.1. The number of hydrogen-bond donors (Lipinski definition) is 1. The first kappa shape index (κ1) is 15.7. The van der Waals surface area contributed by atoms with Gasteiger partial charge in [0, 0.05) is 39.1 Å². The predicted molar refractivity (Wildman–Crippen MR) is 79.5 cm³/mol. The van der Waals surface area contributed by atoms with Crippen LogP contribution in [0.1, 0.15) is 38.5 Å². The van der Waals surface area contributed by atoms with Crippen LogP contribution in [0.2, 0.25) is 0 Å². The van der Waals surface area contributed by atoms with Gasteiger partial charge in [0.2, 0.25) is 5.91 Å². The predicted octanol–water partition coefficient (Wildman–Crippen LogP) is 0.827. The van der Waals surface area contributed by atoms with Gasteiger partial charge in [-0.05, 0) is 25.8 Å². The highest BCUT2D eigenvalue weighted by atomic mass is 16.5. The molecule has 2 N–H and O–H groups in total. The third kappa shape index (κ3) is 4.17. The van der Waals surface area contributed by atoms with Crippen LogP contribution >= 0.6 is 0 Å². The van der Waals surface area contributed by atoms with Gasteiger partial charge in [0.05, 0.1) is 12.7 Å². The maximum absolute atomic E-state index is 12.1. The van der Waals surface area contributed by atoms with Crippen molar-refractivity contribution < 1.29 is 9.53 Å². The van der Waals surface area contributed by atoms with Crippen LogP contribution in [-0.2, 0) is 9.53 Å². The average molecular weight is 283 g/mol. The lowest BCUT2D eigenvalue weighted by Gasteiger charge is -2.43. The largest absolute Gasteiger partial charge is 0.375 e. The van der Waals surface area contributed by atoms with Crippen molar-refractivity contribution in [3.8, 4) is 0 Å². The second kappa shape index (κ2) is 7.96. The van der Waals surface area contributed by atoms with Crippen molar-refractivity contribution in [2.24, 2.45) is 5.73 Å². The van der Waals surface area contributed by atoms with Gasteiger partial charge in [-0.2, -0.15) is 0 Å². The Labute approximate surface area is 122 Å². The van der Waals surface area contributed by atoms with Crippen molar-refractivity contribution in [3.05, 3.63) is 0 Å². The van der Waals surface area contributed by atoms with E-state index in [0.29, 0.717) is 25.1 Å². The van der Waals surface area contributed by atoms with E-state index in [9.17, 15) is 4.79 Å². The molecule has 1 heterocycles. The highest BCUT2D eigenvalue weighted by molar-refractivity contribution is 5.76. The molecular weight excluding hydrogens is 254 g/mol. The standard InChI is InChI=1S/C15H29N3O2/c1-17(9-4-8-16)15(19)7-10-18-11-12-20-14-6-3-2-5-13(14)18/h13-14H,2-12,16H2,1H3. The molecule has 20 heavy (non-hydrogen) atoms. The van der Waals surface area contributed by atoms with Gasteiger partial charge in [-0.15, -0.1) is 0 Å². The number of morpholine rings is 1. The second-order valence-electron chi connectivity index (χ2n) is 6.00. The fourth-order valence-electron chi connectivity index (χ4n) is 3.34. The number of ether oxygens (including phenoxy) is 1. The van der Waals surface area contributed by atoms with Crippen LogP contribution in [0, 0.1) is 0 Å². The molecule has 2 unspecified atom stereocenters. The minimum atomic E-state index is 0.234. The zero-order valence-corrected chi connectivity index (χ0v) is 12.7. The monoisotopic (exact) mass is 283 g/mol. The number of fused-ring (bicyclic) bond motifs is 1. The van der Waals surface area contributed by atoms with Crippen LogP contribution in [0.25, 0.3) is 0 Å². The molecule has 0 bridgehead atoms. The molecule has 2 fully saturated rings. The van der Waals surface area contributed by atoms with E-state index in [2.05, 4.69) is 4.90 Å². The Morgan fingerprint density at radius 1 is 1.40 bits per heavy atom. The lowest BCUT2D eigenvalue weighted by molar-refractivity contribution is -0.132. The van der Waals surface area contributed by atoms with E-state index in [0.717, 1.165) is 32.7 Å². The van der Waals surface area contributed by atoms with Crippen molar-refractivity contribution in [1.82, 2.24) is 9.80 Å². The fourth-order valence-corrected chi connectivity index (χ4v) is 3.34. The summed E-state index contributed by atoms with van der Waals surface area (Å²) in [5, 5.41) is 0. The summed E-state index contributed by atoms with van der Waals surface area (Å²) in [7, 11) is 1.88. The Morgan fingerprint density at radius 3 is 3.00 bits per heavy atom. The SMILES string of the molecule is CN(CCCN)C(=O)CCN1CCOC2CCCCC21. The summed E-state index contributed by atoms with van der Waals surface area (Å²) >= 11 is 0. The zero-order valence-electron chi connectivity index (χ0n) is 12.7. The first-order valence-electron chi connectivity index (χ1n) is 8.02. The number of rotatable bonds is 6. The quantitative estimate of drug-likeness (QED) is 0.784. The van der Waals surface area contributed by atoms with Crippen LogP contribution in [0.3, 0.4) is 0 Å². The minimum Gasteiger partial charge on any atom is -0.375 e. The van der Waals surface area contributed by atoms with Gasteiger partial charge in [0.1, 0.15) is 0 Å². The van der Waals surface area contributed by atoms with Gasteiger partial charge < -0.3 is 15.4 Å². The Kier molecular flexibility index (Phi) is 6.26. The lowest BCUT2D eigenvalue weighted by Crippen LogP contribution is -2.53. The summed E-state index contributed by atoms with van der Waals surface area (Å²) < 4.78 is 5.87. The van der Waals surface area contributed by atoms with Crippen molar-refractivity contribution >= 4 is 5.91 Å². The van der Waals surface area contributed by atoms with Gasteiger partial charge >= 0.3 is 0 Å². The molecule has 1 saturated carbocycles. The molecule has 1 aliphatic carbocycles. The van der Waals surface area contributed by atoms with Gasteiger partial charge in [0.25, 0.3) is 0 Å². The molecule has 0 spiro atoms. The third-order valence-electron chi connectivity index (χ3n) is 4.58. The first-order chi connectivity index (χ1) is 9.72. The van der Waals surface area contributed by atoms with Crippen LogP contribution in [-0.4, -0.2) is 67.7 Å². The molecule has 1 saturated heterocycles. The summed E-state index contributed by atoms with van der Waals surface area (Å²) in [6, 6.07) is 0.541. The van der Waals surface area contributed by atoms with Crippen molar-refractivity contribution in [1.29, 1.82) is 0 Å². The molecule has 0 aromatic rings. The van der Waals surface area contributed by atoms with Gasteiger partial charge in [-0.25, -0.2) is 0 Å². The first-order valence-corrected chi connectivity index (χ1v) is 8.02. The molecule has 2 rings (SSSR count). The molecular formula is C15H29N3O2. The third-order valence-corrected chi connectivity index (χ3v) is 4.58. The molecule has 0 radical (unpaired) electrons. The molecule has 1 amide bonds. The van der Waals surface area contributed by atoms with Gasteiger partial charge in [-0.1, -0.05) is 12.8 Å². The molecule has 0 aromatic heterocycles. The summed E-state index contributed by atoms with van der Waals surface area (Å²) in [5.41, 5.74) is 5.48. The minimum absolute atomic E-state index is 0.234. The average Bonchev–Trinajstić information content (AvgIpc) is 2.50. The van der Waals surface area contributed by atoms with Crippen molar-refractivity contribution in [2.45, 2.75) is 50.7 Å². The number of nitrogens with zero attached hydrogens (tertiary/aromatic N) is 2. The van der Waals surface area contributed by atoms with Crippen molar-refractivity contribution in [2.75, 3.05) is 39.8 Å². The van der Waals surface area contributed by atoms with E-state index >= 15 is 0 Å². The number of carbonyl (C=O) groups excluding carboxylic acids is 1. The molecule has 1 aliphatic heterocycles. The Bertz CT molecular complexity index is 309.